The first-order valence-electron chi connectivity index (χ1n) is 9.18. The fourth-order valence-electron chi connectivity index (χ4n) is 2.88. The van der Waals surface area contributed by atoms with Crippen LogP contribution in [0.4, 0.5) is 11.4 Å². The topological polar surface area (TPSA) is 85.6 Å². The van der Waals surface area contributed by atoms with E-state index in [2.05, 4.69) is 36.4 Å². The van der Waals surface area contributed by atoms with E-state index in [0.717, 1.165) is 16.8 Å². The number of oxazole rings is 1. The molecular weight excluding hydrogens is 358 g/mol. The Bertz CT molecular complexity index is 1040. The first-order valence-corrected chi connectivity index (χ1v) is 9.18. The van der Waals surface area contributed by atoms with Crippen molar-refractivity contribution < 1.29 is 18.7 Å². The van der Waals surface area contributed by atoms with Crippen molar-refractivity contribution in [3.05, 3.63) is 42.3 Å². The number of hydrogen-bond acceptors (Lipinski definition) is 6. The Morgan fingerprint density at radius 3 is 2.61 bits per heavy atom. The lowest BCUT2D eigenvalue weighted by atomic mass is 9.97. The van der Waals surface area contributed by atoms with Gasteiger partial charge in [0.15, 0.2) is 17.1 Å². The van der Waals surface area contributed by atoms with Crippen molar-refractivity contribution in [1.29, 1.82) is 0 Å². The number of benzene rings is 2. The Hall–Kier alpha value is -3.22. The smallest absolute Gasteiger partial charge is 0.246 e. The average Bonchev–Trinajstić information content (AvgIpc) is 3.27. The Kier molecular flexibility index (Phi) is 4.37. The van der Waals surface area contributed by atoms with Crippen LogP contribution < -0.4 is 20.1 Å². The number of anilines is 2. The van der Waals surface area contributed by atoms with Gasteiger partial charge in [-0.3, -0.25) is 4.79 Å². The number of carbonyl (C=O) groups is 1. The largest absolute Gasteiger partial charge is 0.454 e. The van der Waals surface area contributed by atoms with Crippen LogP contribution in [0.1, 0.15) is 33.6 Å². The molecule has 146 valence electrons. The molecule has 0 saturated heterocycles. The van der Waals surface area contributed by atoms with Crippen molar-refractivity contribution in [3.8, 4) is 11.5 Å². The third kappa shape index (κ3) is 3.60. The summed E-state index contributed by atoms with van der Waals surface area (Å²) in [5.41, 5.74) is 2.79. The van der Waals surface area contributed by atoms with Crippen LogP contribution in [0.5, 0.6) is 11.5 Å². The Labute approximate surface area is 163 Å². The average molecular weight is 381 g/mol. The maximum atomic E-state index is 12.5. The number of nitrogens with zero attached hydrogens (tertiary/aromatic N) is 1. The second kappa shape index (κ2) is 6.74. The lowest BCUT2D eigenvalue weighted by Gasteiger charge is -2.15. The highest BCUT2D eigenvalue weighted by Crippen LogP contribution is 2.34. The van der Waals surface area contributed by atoms with Gasteiger partial charge in [0, 0.05) is 22.9 Å². The second-order valence-electron chi connectivity index (χ2n) is 7.87. The van der Waals surface area contributed by atoms with Gasteiger partial charge in [0.25, 0.3) is 0 Å². The monoisotopic (exact) mass is 381 g/mol. The van der Waals surface area contributed by atoms with Gasteiger partial charge in [0.05, 0.1) is 0 Å². The van der Waals surface area contributed by atoms with Crippen LogP contribution in [0.2, 0.25) is 0 Å². The molecule has 3 aromatic rings. The summed E-state index contributed by atoms with van der Waals surface area (Å²) in [7, 11) is 0. The summed E-state index contributed by atoms with van der Waals surface area (Å²) in [4.78, 5) is 17.1. The molecule has 7 heteroatoms. The molecule has 28 heavy (non-hydrogen) atoms. The van der Waals surface area contributed by atoms with Crippen LogP contribution in [0.25, 0.3) is 11.1 Å². The molecule has 0 aliphatic carbocycles. The SMILES string of the molecule is CC(Nc1ccc2oc(C(C)(C)C)nc2c1)C(=O)Nc1ccc2c(c1)OCO2. The van der Waals surface area contributed by atoms with E-state index in [1.165, 1.54) is 0 Å². The molecule has 0 fully saturated rings. The molecule has 2 aromatic carbocycles. The number of nitrogens with one attached hydrogen (secondary N) is 2. The molecule has 1 aliphatic heterocycles. The molecule has 1 aromatic heterocycles. The third-order valence-corrected chi connectivity index (χ3v) is 4.45. The predicted octanol–water partition coefficient (Wildman–Crippen LogP) is 4.29. The van der Waals surface area contributed by atoms with Crippen LogP contribution in [-0.2, 0) is 10.2 Å². The van der Waals surface area contributed by atoms with E-state index in [4.69, 9.17) is 13.9 Å². The van der Waals surface area contributed by atoms with Crippen LogP contribution in [0.3, 0.4) is 0 Å². The van der Waals surface area contributed by atoms with Gasteiger partial charge in [-0.05, 0) is 37.3 Å². The van der Waals surface area contributed by atoms with Gasteiger partial charge < -0.3 is 24.5 Å². The number of ether oxygens (including phenoxy) is 2. The quantitative estimate of drug-likeness (QED) is 0.701. The Morgan fingerprint density at radius 1 is 1.07 bits per heavy atom. The van der Waals surface area contributed by atoms with Gasteiger partial charge >= 0.3 is 0 Å². The number of aromatic nitrogens is 1. The number of rotatable bonds is 4. The van der Waals surface area contributed by atoms with Crippen molar-refractivity contribution >= 4 is 28.4 Å². The molecular formula is C21H23N3O4. The van der Waals surface area contributed by atoms with Gasteiger partial charge in [-0.15, -0.1) is 0 Å². The maximum Gasteiger partial charge on any atom is 0.246 e. The summed E-state index contributed by atoms with van der Waals surface area (Å²) in [5, 5.41) is 6.09. The van der Waals surface area contributed by atoms with Gasteiger partial charge in [-0.2, -0.15) is 0 Å². The lowest BCUT2D eigenvalue weighted by Crippen LogP contribution is -2.31. The third-order valence-electron chi connectivity index (χ3n) is 4.45. The van der Waals surface area contributed by atoms with E-state index in [9.17, 15) is 4.79 Å². The van der Waals surface area contributed by atoms with Crippen LogP contribution in [-0.4, -0.2) is 23.7 Å². The van der Waals surface area contributed by atoms with E-state index >= 15 is 0 Å². The van der Waals surface area contributed by atoms with Crippen LogP contribution >= 0.6 is 0 Å². The first-order chi connectivity index (χ1) is 13.3. The summed E-state index contributed by atoms with van der Waals surface area (Å²) < 4.78 is 16.4. The van der Waals surface area contributed by atoms with Crippen molar-refractivity contribution in [2.45, 2.75) is 39.2 Å². The summed E-state index contributed by atoms with van der Waals surface area (Å²) in [6.45, 7) is 8.17. The first kappa shape index (κ1) is 18.2. The molecule has 0 saturated carbocycles. The summed E-state index contributed by atoms with van der Waals surface area (Å²) in [6.07, 6.45) is 0. The molecule has 0 radical (unpaired) electrons. The fraction of sp³-hybridized carbons (Fsp3) is 0.333. The molecule has 1 atom stereocenters. The number of hydrogen-bond donors (Lipinski definition) is 2. The summed E-state index contributed by atoms with van der Waals surface area (Å²) in [6, 6.07) is 10.5. The highest BCUT2D eigenvalue weighted by molar-refractivity contribution is 5.96. The predicted molar refractivity (Wildman–Crippen MR) is 107 cm³/mol. The molecule has 0 bridgehead atoms. The minimum absolute atomic E-state index is 0.158. The zero-order valence-corrected chi connectivity index (χ0v) is 16.3. The van der Waals surface area contributed by atoms with E-state index in [1.807, 2.05) is 18.2 Å². The van der Waals surface area contributed by atoms with E-state index in [0.29, 0.717) is 23.1 Å². The minimum atomic E-state index is -0.447. The molecule has 7 nitrogen and oxygen atoms in total. The summed E-state index contributed by atoms with van der Waals surface area (Å²) >= 11 is 0. The Morgan fingerprint density at radius 2 is 1.82 bits per heavy atom. The molecule has 4 rings (SSSR count). The molecule has 1 unspecified atom stereocenters. The van der Waals surface area contributed by atoms with Crippen molar-refractivity contribution in [3.63, 3.8) is 0 Å². The highest BCUT2D eigenvalue weighted by atomic mass is 16.7. The molecule has 0 spiro atoms. The van der Waals surface area contributed by atoms with E-state index in [1.54, 1.807) is 25.1 Å². The lowest BCUT2D eigenvalue weighted by molar-refractivity contribution is -0.116. The molecule has 1 aliphatic rings. The van der Waals surface area contributed by atoms with Crippen LogP contribution in [0.15, 0.2) is 40.8 Å². The van der Waals surface area contributed by atoms with Crippen molar-refractivity contribution in [2.24, 2.45) is 0 Å². The van der Waals surface area contributed by atoms with Gasteiger partial charge in [0.1, 0.15) is 11.6 Å². The van der Waals surface area contributed by atoms with Gasteiger partial charge in [0.2, 0.25) is 18.6 Å². The zero-order valence-electron chi connectivity index (χ0n) is 16.3. The standard InChI is InChI=1S/C21H23N3O4/c1-12(19(25)23-14-6-8-17-18(10-14)27-11-26-17)22-13-5-7-16-15(9-13)24-20(28-16)21(2,3)4/h5-10,12,22H,11H2,1-4H3,(H,23,25). The van der Waals surface area contributed by atoms with Gasteiger partial charge in [-0.25, -0.2) is 4.98 Å². The van der Waals surface area contributed by atoms with Crippen molar-refractivity contribution in [2.75, 3.05) is 17.4 Å². The number of carbonyl (C=O) groups excluding carboxylic acids is 1. The van der Waals surface area contributed by atoms with E-state index in [-0.39, 0.29) is 18.1 Å². The van der Waals surface area contributed by atoms with Gasteiger partial charge in [-0.1, -0.05) is 20.8 Å². The van der Waals surface area contributed by atoms with E-state index < -0.39 is 6.04 Å². The number of fused-ring (bicyclic) bond motifs is 2. The minimum Gasteiger partial charge on any atom is -0.454 e. The molecule has 2 N–H and O–H groups in total. The highest BCUT2D eigenvalue weighted by Gasteiger charge is 2.21. The second-order valence-corrected chi connectivity index (χ2v) is 7.87. The normalized spacial score (nSPS) is 14.1. The Balaban J connectivity index is 1.45. The summed E-state index contributed by atoms with van der Waals surface area (Å²) in [5.74, 6) is 1.84. The zero-order chi connectivity index (χ0) is 19.9. The van der Waals surface area contributed by atoms with Crippen LogP contribution in [0, 0.1) is 0 Å². The fourth-order valence-corrected chi connectivity index (χ4v) is 2.88. The maximum absolute atomic E-state index is 12.5. The van der Waals surface area contributed by atoms with Crippen molar-refractivity contribution in [1.82, 2.24) is 4.98 Å². The molecule has 2 heterocycles. The number of amides is 1. The molecule has 1 amide bonds.